The molecule has 0 fully saturated rings. The van der Waals surface area contributed by atoms with E-state index in [-0.39, 0.29) is 11.8 Å². The molecule has 0 atom stereocenters. The average Bonchev–Trinajstić information content (AvgIpc) is 2.45. The van der Waals surface area contributed by atoms with Crippen LogP contribution in [0.2, 0.25) is 0 Å². The molecule has 76 valence electrons. The van der Waals surface area contributed by atoms with E-state index in [9.17, 15) is 9.59 Å². The summed E-state index contributed by atoms with van der Waals surface area (Å²) >= 11 is 0. The molecule has 15 heavy (non-hydrogen) atoms. The maximum absolute atomic E-state index is 11.8. The van der Waals surface area contributed by atoms with E-state index in [2.05, 4.69) is 0 Å². The Hall–Kier alpha value is -1.90. The Balaban J connectivity index is 2.55. The summed E-state index contributed by atoms with van der Waals surface area (Å²) in [6.07, 6.45) is 0. The summed E-state index contributed by atoms with van der Waals surface area (Å²) < 4.78 is 0. The van der Waals surface area contributed by atoms with Crippen molar-refractivity contribution in [2.75, 3.05) is 7.05 Å². The van der Waals surface area contributed by atoms with Gasteiger partial charge in [0.1, 0.15) is 0 Å². The number of carbonyl (C=O) groups excluding carboxylic acids is 2. The second kappa shape index (κ2) is 3.35. The van der Waals surface area contributed by atoms with E-state index in [0.717, 1.165) is 10.5 Å². The topological polar surface area (TPSA) is 37.4 Å². The van der Waals surface area contributed by atoms with Gasteiger partial charge < -0.3 is 0 Å². The molecule has 0 bridgehead atoms. The minimum Gasteiger partial charge on any atom is -0.278 e. The van der Waals surface area contributed by atoms with Crippen molar-refractivity contribution in [1.29, 1.82) is 0 Å². The first-order valence-electron chi connectivity index (χ1n) is 4.71. The molecule has 1 aliphatic rings. The lowest BCUT2D eigenvalue weighted by atomic mass is 10.0. The smallest absolute Gasteiger partial charge is 0.261 e. The molecule has 0 saturated carbocycles. The molecule has 0 aromatic heterocycles. The summed E-state index contributed by atoms with van der Waals surface area (Å²) in [5, 5.41) is 0. The van der Waals surface area contributed by atoms with E-state index in [1.807, 2.05) is 30.3 Å². The van der Waals surface area contributed by atoms with Crippen molar-refractivity contribution in [2.45, 2.75) is 6.92 Å². The van der Waals surface area contributed by atoms with Crippen LogP contribution in [0.4, 0.5) is 0 Å². The van der Waals surface area contributed by atoms with Crippen molar-refractivity contribution in [3.05, 3.63) is 41.5 Å². The van der Waals surface area contributed by atoms with Crippen molar-refractivity contribution in [3.8, 4) is 0 Å². The molecular weight excluding hydrogens is 190 g/mol. The lowest BCUT2D eigenvalue weighted by Crippen LogP contribution is -2.26. The van der Waals surface area contributed by atoms with Crippen LogP contribution in [-0.4, -0.2) is 23.8 Å². The third-order valence-corrected chi connectivity index (χ3v) is 2.58. The minimum absolute atomic E-state index is 0.209. The number of nitrogens with zero attached hydrogens (tertiary/aromatic N) is 1. The molecule has 1 heterocycles. The van der Waals surface area contributed by atoms with Crippen molar-refractivity contribution in [3.63, 3.8) is 0 Å². The summed E-state index contributed by atoms with van der Waals surface area (Å²) in [6.45, 7) is 1.69. The third-order valence-electron chi connectivity index (χ3n) is 2.58. The Labute approximate surface area is 88.0 Å². The summed E-state index contributed by atoms with van der Waals surface area (Å²) in [4.78, 5) is 24.5. The van der Waals surface area contributed by atoms with E-state index < -0.39 is 0 Å². The number of hydrogen-bond acceptors (Lipinski definition) is 2. The highest BCUT2D eigenvalue weighted by molar-refractivity contribution is 6.35. The number of likely N-dealkylation sites (N-methyl/N-ethyl adjacent to an activating group) is 1. The standard InChI is InChI=1S/C12H11NO2/c1-8-10(9-6-4-3-5-7-9)12(15)13(2)11(8)14/h3-7H,1-2H3. The molecule has 3 heteroatoms. The van der Waals surface area contributed by atoms with Gasteiger partial charge in [-0.1, -0.05) is 30.3 Å². The van der Waals surface area contributed by atoms with Crippen LogP contribution < -0.4 is 0 Å². The van der Waals surface area contributed by atoms with E-state index in [1.54, 1.807) is 6.92 Å². The fourth-order valence-electron chi connectivity index (χ4n) is 1.72. The van der Waals surface area contributed by atoms with Gasteiger partial charge in [0.15, 0.2) is 0 Å². The predicted octanol–water partition coefficient (Wildman–Crippen LogP) is 1.46. The number of hydrogen-bond donors (Lipinski definition) is 0. The number of rotatable bonds is 1. The van der Waals surface area contributed by atoms with Gasteiger partial charge in [-0.25, -0.2) is 0 Å². The number of imide groups is 1. The van der Waals surface area contributed by atoms with E-state index >= 15 is 0 Å². The maximum Gasteiger partial charge on any atom is 0.261 e. The Kier molecular flexibility index (Phi) is 2.15. The zero-order valence-electron chi connectivity index (χ0n) is 8.65. The molecule has 1 aromatic carbocycles. The van der Waals surface area contributed by atoms with E-state index in [1.165, 1.54) is 7.05 Å². The number of amides is 2. The zero-order valence-corrected chi connectivity index (χ0v) is 8.65. The van der Waals surface area contributed by atoms with Crippen LogP contribution in [0, 0.1) is 0 Å². The van der Waals surface area contributed by atoms with Gasteiger partial charge in [-0.2, -0.15) is 0 Å². The maximum atomic E-state index is 11.8. The van der Waals surface area contributed by atoms with Gasteiger partial charge >= 0.3 is 0 Å². The second-order valence-electron chi connectivity index (χ2n) is 3.54. The van der Waals surface area contributed by atoms with Gasteiger partial charge in [0.05, 0.1) is 5.57 Å². The van der Waals surface area contributed by atoms with Crippen LogP contribution in [0.3, 0.4) is 0 Å². The lowest BCUT2D eigenvalue weighted by molar-refractivity contribution is -0.135. The molecule has 0 aliphatic carbocycles. The van der Waals surface area contributed by atoms with Gasteiger partial charge in [-0.3, -0.25) is 14.5 Å². The number of benzene rings is 1. The Bertz CT molecular complexity index is 460. The van der Waals surface area contributed by atoms with Gasteiger partial charge in [0.2, 0.25) is 0 Å². The number of carbonyl (C=O) groups is 2. The van der Waals surface area contributed by atoms with E-state index in [4.69, 9.17) is 0 Å². The third kappa shape index (κ3) is 1.36. The van der Waals surface area contributed by atoms with E-state index in [0.29, 0.717) is 11.1 Å². The van der Waals surface area contributed by atoms with Gasteiger partial charge in [0, 0.05) is 12.6 Å². The first-order chi connectivity index (χ1) is 7.13. The molecule has 0 N–H and O–H groups in total. The lowest BCUT2D eigenvalue weighted by Gasteiger charge is -2.06. The quantitative estimate of drug-likeness (QED) is 0.645. The summed E-state index contributed by atoms with van der Waals surface area (Å²) in [5.41, 5.74) is 1.84. The molecule has 2 amide bonds. The monoisotopic (exact) mass is 201 g/mol. The van der Waals surface area contributed by atoms with Crippen LogP contribution in [-0.2, 0) is 9.59 Å². The fraction of sp³-hybridized carbons (Fsp3) is 0.167. The highest BCUT2D eigenvalue weighted by Crippen LogP contribution is 2.27. The van der Waals surface area contributed by atoms with Crippen LogP contribution in [0.25, 0.3) is 5.57 Å². The van der Waals surface area contributed by atoms with Crippen LogP contribution in [0.1, 0.15) is 12.5 Å². The Morgan fingerprint density at radius 3 is 2.07 bits per heavy atom. The van der Waals surface area contributed by atoms with Crippen LogP contribution in [0.15, 0.2) is 35.9 Å². The predicted molar refractivity (Wildman–Crippen MR) is 56.8 cm³/mol. The normalized spacial score (nSPS) is 16.5. The largest absolute Gasteiger partial charge is 0.278 e. The molecule has 0 radical (unpaired) electrons. The minimum atomic E-state index is -0.219. The fourth-order valence-corrected chi connectivity index (χ4v) is 1.72. The van der Waals surface area contributed by atoms with Gasteiger partial charge in [-0.15, -0.1) is 0 Å². The molecule has 0 unspecified atom stereocenters. The zero-order chi connectivity index (χ0) is 11.0. The Morgan fingerprint density at radius 1 is 1.00 bits per heavy atom. The first kappa shape index (κ1) is 9.65. The van der Waals surface area contributed by atoms with Gasteiger partial charge in [0.25, 0.3) is 11.8 Å². The van der Waals surface area contributed by atoms with Crippen LogP contribution >= 0.6 is 0 Å². The molecule has 1 aliphatic heterocycles. The molecule has 1 aromatic rings. The highest BCUT2D eigenvalue weighted by Gasteiger charge is 2.33. The SMILES string of the molecule is CC1=C(c2ccccc2)C(=O)N(C)C1=O. The van der Waals surface area contributed by atoms with Gasteiger partial charge in [-0.05, 0) is 12.5 Å². The molecule has 3 nitrogen and oxygen atoms in total. The molecule has 0 saturated heterocycles. The molecule has 0 spiro atoms. The van der Waals surface area contributed by atoms with Crippen molar-refractivity contribution in [2.24, 2.45) is 0 Å². The van der Waals surface area contributed by atoms with Crippen molar-refractivity contribution >= 4 is 17.4 Å². The van der Waals surface area contributed by atoms with Crippen LogP contribution in [0.5, 0.6) is 0 Å². The highest BCUT2D eigenvalue weighted by atomic mass is 16.2. The summed E-state index contributed by atoms with van der Waals surface area (Å²) in [7, 11) is 1.50. The average molecular weight is 201 g/mol. The summed E-state index contributed by atoms with van der Waals surface area (Å²) in [6, 6.07) is 9.26. The molecule has 2 rings (SSSR count). The Morgan fingerprint density at radius 2 is 1.60 bits per heavy atom. The summed E-state index contributed by atoms with van der Waals surface area (Å²) in [5.74, 6) is -0.428. The van der Waals surface area contributed by atoms with Crippen molar-refractivity contribution < 1.29 is 9.59 Å². The first-order valence-corrected chi connectivity index (χ1v) is 4.71. The van der Waals surface area contributed by atoms with Crippen molar-refractivity contribution in [1.82, 2.24) is 4.90 Å². The molecular formula is C12H11NO2. The second-order valence-corrected chi connectivity index (χ2v) is 3.54.